The number of rotatable bonds is 8. The lowest BCUT2D eigenvalue weighted by Crippen LogP contribution is -2.49. The zero-order valence-corrected chi connectivity index (χ0v) is 23.2. The Labute approximate surface area is 233 Å². The van der Waals surface area contributed by atoms with Crippen molar-refractivity contribution in [2.75, 3.05) is 23.3 Å². The highest BCUT2D eigenvalue weighted by atomic mass is 32.2. The largest absolute Gasteiger partial charge is 0.438 e. The van der Waals surface area contributed by atoms with Crippen LogP contribution >= 0.6 is 0 Å². The number of aromatic nitrogens is 2. The van der Waals surface area contributed by atoms with E-state index in [1.807, 2.05) is 56.3 Å². The van der Waals surface area contributed by atoms with E-state index in [0.717, 1.165) is 58.7 Å². The average molecular weight is 562 g/mol. The van der Waals surface area contributed by atoms with Gasteiger partial charge in [0.2, 0.25) is 11.8 Å². The van der Waals surface area contributed by atoms with E-state index in [9.17, 15) is 8.42 Å². The molecule has 0 aliphatic carbocycles. The summed E-state index contributed by atoms with van der Waals surface area (Å²) >= 11 is 0. The van der Waals surface area contributed by atoms with Crippen molar-refractivity contribution in [1.29, 1.82) is 5.26 Å². The van der Waals surface area contributed by atoms with Gasteiger partial charge in [0.25, 0.3) is 10.2 Å². The second-order valence-electron chi connectivity index (χ2n) is 9.94. The van der Waals surface area contributed by atoms with Gasteiger partial charge in [0.15, 0.2) is 0 Å². The third-order valence-electron chi connectivity index (χ3n) is 6.81. The van der Waals surface area contributed by atoms with Crippen molar-refractivity contribution < 1.29 is 17.9 Å². The minimum absolute atomic E-state index is 0.223. The first-order valence-electron chi connectivity index (χ1n) is 12.9. The van der Waals surface area contributed by atoms with Crippen LogP contribution in [0.5, 0.6) is 11.6 Å². The molecule has 1 fully saturated rings. The van der Waals surface area contributed by atoms with Crippen LogP contribution in [0.1, 0.15) is 40.8 Å². The number of allylic oxidation sites excluding steroid dienone is 1. The second kappa shape index (κ2) is 11.6. The zero-order chi connectivity index (χ0) is 28.3. The van der Waals surface area contributed by atoms with Gasteiger partial charge in [-0.05, 0) is 85.9 Å². The monoisotopic (exact) mass is 561 g/mol. The van der Waals surface area contributed by atoms with Crippen molar-refractivity contribution in [3.05, 3.63) is 70.4 Å². The van der Waals surface area contributed by atoms with E-state index in [4.69, 9.17) is 19.9 Å². The normalized spacial score (nSPS) is 17.1. The molecule has 1 saturated heterocycles. The SMILES string of the molecule is Cc1cc(/C=C/C#N)cc(C)c1Oc1nc(Nc2ccc(N3CCCC(NS(N)(=O)=O)C3)cc2)nc2c1COC2. The van der Waals surface area contributed by atoms with Crippen molar-refractivity contribution in [1.82, 2.24) is 14.7 Å². The third kappa shape index (κ3) is 6.57. The molecule has 12 heteroatoms. The van der Waals surface area contributed by atoms with E-state index < -0.39 is 10.2 Å². The van der Waals surface area contributed by atoms with Gasteiger partial charge in [0.1, 0.15) is 5.75 Å². The van der Waals surface area contributed by atoms with Gasteiger partial charge in [0.05, 0.1) is 30.5 Å². The van der Waals surface area contributed by atoms with Crippen LogP contribution in [-0.4, -0.2) is 37.5 Å². The molecule has 0 saturated carbocycles. The maximum absolute atomic E-state index is 11.4. The molecule has 3 heterocycles. The van der Waals surface area contributed by atoms with E-state index in [2.05, 4.69) is 24.9 Å². The van der Waals surface area contributed by atoms with Gasteiger partial charge >= 0.3 is 0 Å². The lowest BCUT2D eigenvalue weighted by Gasteiger charge is -2.34. The summed E-state index contributed by atoms with van der Waals surface area (Å²) < 4.78 is 37.4. The van der Waals surface area contributed by atoms with E-state index in [1.165, 1.54) is 6.08 Å². The highest BCUT2D eigenvalue weighted by Crippen LogP contribution is 2.35. The standard InChI is InChI=1S/C28H31N7O4S/c1-18-13-20(5-3-11-29)14-19(2)26(18)39-27-24-16-38-17-25(24)32-28(33-27)31-21-7-9-23(10-8-21)35-12-4-6-22(15-35)34-40(30,36)37/h3,5,7-10,13-14,22,34H,4,6,12,15-17H2,1-2H3,(H2,30,36,37)(H,31,32,33)/b5-3+. The smallest absolute Gasteiger partial charge is 0.274 e. The lowest BCUT2D eigenvalue weighted by atomic mass is 10.1. The van der Waals surface area contributed by atoms with E-state index in [0.29, 0.717) is 37.3 Å². The third-order valence-corrected chi connectivity index (χ3v) is 7.47. The summed E-state index contributed by atoms with van der Waals surface area (Å²) in [6.45, 7) is 6.05. The number of nitriles is 1. The average Bonchev–Trinajstić information content (AvgIpc) is 3.38. The molecule has 2 aliphatic rings. The maximum atomic E-state index is 11.4. The molecule has 40 heavy (non-hydrogen) atoms. The molecule has 1 unspecified atom stereocenters. The number of nitrogens with two attached hydrogens (primary N) is 1. The molecule has 2 aliphatic heterocycles. The number of hydrogen-bond acceptors (Lipinski definition) is 9. The lowest BCUT2D eigenvalue weighted by molar-refractivity contribution is 0.132. The predicted molar refractivity (Wildman–Crippen MR) is 152 cm³/mol. The summed E-state index contributed by atoms with van der Waals surface area (Å²) in [5, 5.41) is 17.3. The zero-order valence-electron chi connectivity index (χ0n) is 22.3. The summed E-state index contributed by atoms with van der Waals surface area (Å²) in [6, 6.07) is 13.5. The summed E-state index contributed by atoms with van der Waals surface area (Å²) in [7, 11) is -3.74. The fourth-order valence-corrected chi connectivity index (χ4v) is 5.71. The Morgan fingerprint density at radius 1 is 1.18 bits per heavy atom. The molecular weight excluding hydrogens is 530 g/mol. The van der Waals surface area contributed by atoms with Crippen LogP contribution in [0.2, 0.25) is 0 Å². The van der Waals surface area contributed by atoms with Crippen LogP contribution in [0.25, 0.3) is 6.08 Å². The molecule has 2 aromatic carbocycles. The van der Waals surface area contributed by atoms with E-state index >= 15 is 0 Å². The highest BCUT2D eigenvalue weighted by Gasteiger charge is 2.24. The molecule has 0 bridgehead atoms. The van der Waals surface area contributed by atoms with Crippen LogP contribution in [0.3, 0.4) is 0 Å². The van der Waals surface area contributed by atoms with Gasteiger partial charge in [-0.25, -0.2) is 10.1 Å². The number of aryl methyl sites for hydroxylation is 2. The predicted octanol–water partition coefficient (Wildman–Crippen LogP) is 3.96. The van der Waals surface area contributed by atoms with Crippen LogP contribution < -0.4 is 24.8 Å². The molecule has 1 aromatic heterocycles. The number of fused-ring (bicyclic) bond motifs is 1. The van der Waals surface area contributed by atoms with Crippen LogP contribution in [-0.2, 0) is 28.2 Å². The molecule has 0 amide bonds. The van der Waals surface area contributed by atoms with Crippen LogP contribution in [0.4, 0.5) is 17.3 Å². The van der Waals surface area contributed by atoms with Crippen molar-refractivity contribution in [3.8, 4) is 17.7 Å². The summed E-state index contributed by atoms with van der Waals surface area (Å²) in [6.07, 6.45) is 4.82. The fraction of sp³-hybridized carbons (Fsp3) is 0.321. The van der Waals surface area contributed by atoms with Crippen molar-refractivity contribution in [3.63, 3.8) is 0 Å². The Kier molecular flexibility index (Phi) is 7.99. The molecule has 0 spiro atoms. The Morgan fingerprint density at radius 2 is 1.93 bits per heavy atom. The van der Waals surface area contributed by atoms with E-state index in [1.54, 1.807) is 6.08 Å². The molecule has 4 N–H and O–H groups in total. The van der Waals surface area contributed by atoms with Crippen molar-refractivity contribution in [2.24, 2.45) is 5.14 Å². The summed E-state index contributed by atoms with van der Waals surface area (Å²) in [5.74, 6) is 1.54. The molecule has 0 radical (unpaired) electrons. The summed E-state index contributed by atoms with van der Waals surface area (Å²) in [4.78, 5) is 11.5. The van der Waals surface area contributed by atoms with Crippen LogP contribution in [0, 0.1) is 25.2 Å². The van der Waals surface area contributed by atoms with Gasteiger partial charge in [0, 0.05) is 36.6 Å². The first kappa shape index (κ1) is 27.5. The van der Waals surface area contributed by atoms with Gasteiger partial charge in [-0.15, -0.1) is 0 Å². The van der Waals surface area contributed by atoms with Crippen LogP contribution in [0.15, 0.2) is 42.5 Å². The van der Waals surface area contributed by atoms with Gasteiger partial charge < -0.3 is 19.7 Å². The van der Waals surface area contributed by atoms with Crippen molar-refractivity contribution in [2.45, 2.75) is 45.9 Å². The Balaban J connectivity index is 1.33. The van der Waals surface area contributed by atoms with Crippen molar-refractivity contribution >= 4 is 33.6 Å². The molecular formula is C28H31N7O4S. The number of anilines is 3. The topological polar surface area (TPSA) is 155 Å². The Hall–Kier alpha value is -4.02. The second-order valence-corrected chi connectivity index (χ2v) is 11.3. The fourth-order valence-electron chi connectivity index (χ4n) is 5.06. The minimum Gasteiger partial charge on any atom is -0.438 e. The molecule has 5 rings (SSSR count). The number of nitrogens with zero attached hydrogens (tertiary/aromatic N) is 4. The minimum atomic E-state index is -3.74. The maximum Gasteiger partial charge on any atom is 0.274 e. The van der Waals surface area contributed by atoms with E-state index in [-0.39, 0.29) is 6.04 Å². The number of hydrogen-bond donors (Lipinski definition) is 3. The Morgan fingerprint density at radius 3 is 2.62 bits per heavy atom. The number of piperidine rings is 1. The number of nitrogens with one attached hydrogen (secondary N) is 2. The molecule has 208 valence electrons. The first-order chi connectivity index (χ1) is 19.2. The van der Waals surface area contributed by atoms with Gasteiger partial charge in [-0.1, -0.05) is 0 Å². The first-order valence-corrected chi connectivity index (χ1v) is 14.5. The van der Waals surface area contributed by atoms with Gasteiger partial charge in [-0.3, -0.25) is 0 Å². The quantitative estimate of drug-likeness (QED) is 0.347. The Bertz CT molecular complexity index is 1560. The number of benzene rings is 2. The highest BCUT2D eigenvalue weighted by molar-refractivity contribution is 7.87. The molecule has 1 atom stereocenters. The molecule has 3 aromatic rings. The molecule has 11 nitrogen and oxygen atoms in total. The number of ether oxygens (including phenoxy) is 2. The van der Waals surface area contributed by atoms with Gasteiger partial charge in [-0.2, -0.15) is 23.4 Å². The summed E-state index contributed by atoms with van der Waals surface area (Å²) in [5.41, 5.74) is 6.15.